The molecule has 7 nitrogen and oxygen atoms in total. The minimum atomic E-state index is -5.16. The number of ether oxygens (including phenoxy) is 2. The van der Waals surface area contributed by atoms with Crippen molar-refractivity contribution in [3.8, 4) is 5.75 Å². The maximum Gasteiger partial charge on any atom is 0.573 e. The van der Waals surface area contributed by atoms with E-state index >= 15 is 0 Å². The Balaban J connectivity index is 2.20. The number of nitrogens with one attached hydrogen (secondary N) is 1. The summed E-state index contributed by atoms with van der Waals surface area (Å²) in [5.41, 5.74) is -2.05. The number of halogens is 4. The van der Waals surface area contributed by atoms with Crippen LogP contribution in [0.4, 0.5) is 28.0 Å². The molecule has 1 atom stereocenters. The highest BCUT2D eigenvalue weighted by atomic mass is 19.4. The zero-order valence-corrected chi connectivity index (χ0v) is 18.6. The third kappa shape index (κ3) is 6.64. The van der Waals surface area contributed by atoms with E-state index in [9.17, 15) is 27.2 Å². The molecular weight excluding hydrogens is 436 g/mol. The molecule has 2 rings (SSSR count). The maximum atomic E-state index is 14.3. The lowest BCUT2D eigenvalue weighted by atomic mass is 9.74. The third-order valence-corrected chi connectivity index (χ3v) is 5.48. The van der Waals surface area contributed by atoms with Gasteiger partial charge in [-0.2, -0.15) is 0 Å². The lowest BCUT2D eigenvalue weighted by molar-refractivity contribution is -0.275. The number of carboxylic acids is 1. The largest absolute Gasteiger partial charge is 0.573 e. The summed E-state index contributed by atoms with van der Waals surface area (Å²) in [7, 11) is 0. The topological polar surface area (TPSA) is 88.1 Å². The van der Waals surface area contributed by atoms with Gasteiger partial charge in [0, 0.05) is 19.1 Å². The Morgan fingerprint density at radius 1 is 1.19 bits per heavy atom. The molecule has 1 aliphatic heterocycles. The Bertz CT molecular complexity index is 859. The van der Waals surface area contributed by atoms with E-state index in [1.165, 1.54) is 0 Å². The molecule has 0 saturated carbocycles. The minimum Gasteiger partial charge on any atom is -0.478 e. The van der Waals surface area contributed by atoms with Crippen LogP contribution in [0.25, 0.3) is 0 Å². The van der Waals surface area contributed by atoms with Gasteiger partial charge in [0.2, 0.25) is 0 Å². The van der Waals surface area contributed by atoms with E-state index in [2.05, 4.69) is 10.1 Å². The van der Waals surface area contributed by atoms with E-state index in [0.717, 1.165) is 6.07 Å². The number of nitrogens with zero attached hydrogens (tertiary/aromatic N) is 1. The first-order valence-electron chi connectivity index (χ1n) is 10.1. The number of piperidine rings is 1. The van der Waals surface area contributed by atoms with Crippen LogP contribution in [0.15, 0.2) is 12.1 Å². The van der Waals surface area contributed by atoms with Gasteiger partial charge in [0.1, 0.15) is 5.60 Å². The van der Waals surface area contributed by atoms with Gasteiger partial charge in [0.25, 0.3) is 0 Å². The van der Waals surface area contributed by atoms with Gasteiger partial charge >= 0.3 is 18.4 Å². The lowest BCUT2D eigenvalue weighted by Crippen LogP contribution is -2.49. The molecule has 180 valence electrons. The smallest absolute Gasteiger partial charge is 0.478 e. The predicted molar refractivity (Wildman–Crippen MR) is 108 cm³/mol. The summed E-state index contributed by atoms with van der Waals surface area (Å²) in [4.78, 5) is 25.1. The monoisotopic (exact) mass is 464 g/mol. The predicted octanol–water partition coefficient (Wildman–Crippen LogP) is 5.26. The van der Waals surface area contributed by atoms with E-state index in [1.54, 1.807) is 32.6 Å². The van der Waals surface area contributed by atoms with E-state index in [-0.39, 0.29) is 0 Å². The Kier molecular flexibility index (Phi) is 7.21. The van der Waals surface area contributed by atoms with Gasteiger partial charge in [-0.1, -0.05) is 6.92 Å². The van der Waals surface area contributed by atoms with Crippen molar-refractivity contribution in [1.29, 1.82) is 0 Å². The van der Waals surface area contributed by atoms with Crippen LogP contribution in [0, 0.1) is 11.2 Å². The number of likely N-dealkylation sites (tertiary alicyclic amines) is 1. The Morgan fingerprint density at radius 2 is 1.75 bits per heavy atom. The number of carboxylic acid groups (broad SMARTS) is 1. The highest BCUT2D eigenvalue weighted by molar-refractivity contribution is 5.89. The number of benzene rings is 1. The van der Waals surface area contributed by atoms with Gasteiger partial charge in [-0.05, 0) is 58.1 Å². The molecule has 1 aliphatic rings. The normalized spacial score (nSPS) is 17.5. The number of carbonyl (C=O) groups is 2. The third-order valence-electron chi connectivity index (χ3n) is 5.48. The summed E-state index contributed by atoms with van der Waals surface area (Å²) in [6, 6.07) is 0.880. The van der Waals surface area contributed by atoms with E-state index in [1.807, 2.05) is 6.92 Å². The summed E-state index contributed by atoms with van der Waals surface area (Å²) in [6.45, 7) is 9.60. The molecule has 0 spiro atoms. The standard InChI is InChI=1S/C21H28F4N2O5/c1-12(20(5)6-8-27(9-7-20)18(30)32-19(2,3)4)26-15-11-13(17(28)29)10-14(22)16(15)31-21(23,24)25/h10-12,26H,6-9H2,1-5H3,(H,28,29)/t12-/m0/s1. The molecule has 32 heavy (non-hydrogen) atoms. The SMILES string of the molecule is C[C@H](Nc1cc(C(=O)O)cc(F)c1OC(F)(F)F)C1(C)CCN(C(=O)OC(C)(C)C)CC1. The van der Waals surface area contributed by atoms with Gasteiger partial charge in [0.15, 0.2) is 11.6 Å². The summed E-state index contributed by atoms with van der Waals surface area (Å²) in [6.07, 6.45) is -4.61. The Morgan fingerprint density at radius 3 is 2.22 bits per heavy atom. The van der Waals surface area contributed by atoms with Crippen molar-refractivity contribution in [2.75, 3.05) is 18.4 Å². The highest BCUT2D eigenvalue weighted by Gasteiger charge is 2.39. The Hall–Kier alpha value is -2.72. The van der Waals surface area contributed by atoms with Crippen molar-refractivity contribution in [3.63, 3.8) is 0 Å². The van der Waals surface area contributed by atoms with Crippen molar-refractivity contribution in [2.24, 2.45) is 5.41 Å². The van der Waals surface area contributed by atoms with Gasteiger partial charge in [-0.25, -0.2) is 14.0 Å². The number of rotatable bonds is 5. The van der Waals surface area contributed by atoms with E-state index in [4.69, 9.17) is 9.84 Å². The van der Waals surface area contributed by atoms with Gasteiger partial charge in [0.05, 0.1) is 11.3 Å². The van der Waals surface area contributed by atoms with Crippen molar-refractivity contribution in [2.45, 2.75) is 65.5 Å². The molecule has 0 aromatic heterocycles. The first kappa shape index (κ1) is 25.5. The fourth-order valence-electron chi connectivity index (χ4n) is 3.41. The minimum absolute atomic E-state index is 0.368. The molecule has 0 unspecified atom stereocenters. The zero-order valence-electron chi connectivity index (χ0n) is 18.6. The quantitative estimate of drug-likeness (QED) is 0.578. The second kappa shape index (κ2) is 9.03. The molecule has 1 amide bonds. The molecule has 1 aromatic carbocycles. The number of carbonyl (C=O) groups excluding carboxylic acids is 1. The number of hydrogen-bond acceptors (Lipinski definition) is 5. The van der Waals surface area contributed by atoms with Crippen LogP contribution in [0.2, 0.25) is 0 Å². The number of aromatic carboxylic acids is 1. The van der Waals surface area contributed by atoms with Crippen LogP contribution in [0.3, 0.4) is 0 Å². The molecule has 0 radical (unpaired) electrons. The molecule has 1 saturated heterocycles. The summed E-state index contributed by atoms with van der Waals surface area (Å²) < 4.78 is 61.8. The molecule has 1 heterocycles. The fraction of sp³-hybridized carbons (Fsp3) is 0.619. The van der Waals surface area contributed by atoms with Crippen molar-refractivity contribution in [1.82, 2.24) is 4.90 Å². The number of amides is 1. The van der Waals surface area contributed by atoms with Crippen LogP contribution in [0.1, 0.15) is 57.8 Å². The Labute approximate surface area is 183 Å². The van der Waals surface area contributed by atoms with E-state index in [0.29, 0.717) is 32.0 Å². The molecule has 0 bridgehead atoms. The number of anilines is 1. The van der Waals surface area contributed by atoms with E-state index < -0.39 is 58.3 Å². The van der Waals surface area contributed by atoms with Crippen LogP contribution in [-0.4, -0.2) is 53.2 Å². The van der Waals surface area contributed by atoms with Gasteiger partial charge in [-0.15, -0.1) is 13.2 Å². The average molecular weight is 464 g/mol. The molecule has 1 aromatic rings. The summed E-state index contributed by atoms with van der Waals surface area (Å²) in [5.74, 6) is -4.05. The van der Waals surface area contributed by atoms with Crippen LogP contribution in [-0.2, 0) is 4.74 Å². The first-order chi connectivity index (χ1) is 14.5. The van der Waals surface area contributed by atoms with Crippen LogP contribution in [0.5, 0.6) is 5.75 Å². The van der Waals surface area contributed by atoms with Gasteiger partial charge < -0.3 is 24.8 Å². The van der Waals surface area contributed by atoms with Crippen molar-refractivity contribution >= 4 is 17.7 Å². The van der Waals surface area contributed by atoms with Gasteiger partial charge in [-0.3, -0.25) is 0 Å². The maximum absolute atomic E-state index is 14.3. The first-order valence-corrected chi connectivity index (χ1v) is 10.1. The highest BCUT2D eigenvalue weighted by Crippen LogP contribution is 2.40. The molecule has 1 fully saturated rings. The van der Waals surface area contributed by atoms with Crippen LogP contribution < -0.4 is 10.1 Å². The molecule has 2 N–H and O–H groups in total. The summed E-state index contributed by atoms with van der Waals surface area (Å²) in [5, 5.41) is 11.9. The van der Waals surface area contributed by atoms with Crippen LogP contribution >= 0.6 is 0 Å². The van der Waals surface area contributed by atoms with Crippen molar-refractivity contribution in [3.05, 3.63) is 23.5 Å². The molecule has 0 aliphatic carbocycles. The molecule has 11 heteroatoms. The zero-order chi connectivity index (χ0) is 24.5. The lowest BCUT2D eigenvalue weighted by Gasteiger charge is -2.43. The second-order valence-corrected chi connectivity index (χ2v) is 9.18. The van der Waals surface area contributed by atoms with Crippen molar-refractivity contribution < 1.29 is 41.7 Å². The average Bonchev–Trinajstić information content (AvgIpc) is 2.62. The number of alkyl halides is 3. The number of hydrogen-bond donors (Lipinski definition) is 2. The summed E-state index contributed by atoms with van der Waals surface area (Å²) >= 11 is 0. The fourth-order valence-corrected chi connectivity index (χ4v) is 3.41. The second-order valence-electron chi connectivity index (χ2n) is 9.18. The molecular formula is C21H28F4N2O5.